The maximum atomic E-state index is 13.0. The van der Waals surface area contributed by atoms with Crippen molar-refractivity contribution in [2.75, 3.05) is 5.88 Å². The normalized spacial score (nSPS) is 12.6. The standard InChI is InChI=1S/C15H12FNO2S/c1-17-11-20(18,19)15(12-5-3-2-4-6-12)13-7-9-14(16)10-8-13/h2-10,15H,11H2. The Morgan fingerprint density at radius 1 is 1.00 bits per heavy atom. The van der Waals surface area contributed by atoms with Crippen LogP contribution in [0.1, 0.15) is 16.4 Å². The van der Waals surface area contributed by atoms with Gasteiger partial charge in [-0.05, 0) is 23.3 Å². The molecule has 0 aromatic heterocycles. The number of hydrogen-bond donors (Lipinski definition) is 0. The van der Waals surface area contributed by atoms with Crippen LogP contribution in [0.5, 0.6) is 0 Å². The first kappa shape index (κ1) is 14.2. The van der Waals surface area contributed by atoms with Crippen LogP contribution in [0.25, 0.3) is 4.85 Å². The minimum atomic E-state index is -3.67. The summed E-state index contributed by atoms with van der Waals surface area (Å²) in [5.74, 6) is -1.02. The molecule has 0 N–H and O–H groups in total. The quantitative estimate of drug-likeness (QED) is 0.811. The summed E-state index contributed by atoms with van der Waals surface area (Å²) in [5, 5.41) is -0.946. The second-order valence-corrected chi connectivity index (χ2v) is 6.35. The Labute approximate surface area is 117 Å². The Balaban J connectivity index is 2.56. The van der Waals surface area contributed by atoms with Gasteiger partial charge < -0.3 is 0 Å². The fraction of sp³-hybridized carbons (Fsp3) is 0.133. The number of nitrogens with zero attached hydrogens (tertiary/aromatic N) is 1. The highest BCUT2D eigenvalue weighted by Crippen LogP contribution is 2.31. The van der Waals surface area contributed by atoms with E-state index in [2.05, 4.69) is 4.85 Å². The van der Waals surface area contributed by atoms with Crippen molar-refractivity contribution in [2.24, 2.45) is 0 Å². The number of benzene rings is 2. The van der Waals surface area contributed by atoms with E-state index in [1.807, 2.05) is 0 Å². The third kappa shape index (κ3) is 3.03. The van der Waals surface area contributed by atoms with Crippen molar-refractivity contribution in [1.82, 2.24) is 0 Å². The lowest BCUT2D eigenvalue weighted by Gasteiger charge is -2.15. The summed E-state index contributed by atoms with van der Waals surface area (Å²) in [6.07, 6.45) is 0. The smallest absolute Gasteiger partial charge is 0.300 e. The molecule has 1 unspecified atom stereocenters. The molecule has 1 atom stereocenters. The van der Waals surface area contributed by atoms with Gasteiger partial charge in [-0.1, -0.05) is 42.5 Å². The average molecular weight is 289 g/mol. The van der Waals surface area contributed by atoms with E-state index >= 15 is 0 Å². The van der Waals surface area contributed by atoms with Crippen LogP contribution in [-0.2, 0) is 9.84 Å². The van der Waals surface area contributed by atoms with Gasteiger partial charge in [-0.2, -0.15) is 0 Å². The topological polar surface area (TPSA) is 38.5 Å². The van der Waals surface area contributed by atoms with Gasteiger partial charge >= 0.3 is 5.88 Å². The number of hydrogen-bond acceptors (Lipinski definition) is 2. The monoisotopic (exact) mass is 289 g/mol. The Morgan fingerprint density at radius 3 is 2.10 bits per heavy atom. The van der Waals surface area contributed by atoms with E-state index in [-0.39, 0.29) is 0 Å². The van der Waals surface area contributed by atoms with Crippen molar-refractivity contribution in [2.45, 2.75) is 5.25 Å². The fourth-order valence-corrected chi connectivity index (χ4v) is 3.51. The number of sulfone groups is 1. The van der Waals surface area contributed by atoms with E-state index < -0.39 is 26.8 Å². The molecular weight excluding hydrogens is 277 g/mol. The van der Waals surface area contributed by atoms with Gasteiger partial charge in [0.05, 0.1) is 0 Å². The van der Waals surface area contributed by atoms with E-state index in [0.29, 0.717) is 11.1 Å². The molecule has 0 heterocycles. The number of halogens is 1. The third-order valence-electron chi connectivity index (χ3n) is 2.88. The largest absolute Gasteiger partial charge is 0.313 e. The number of rotatable bonds is 4. The molecule has 0 saturated heterocycles. The molecule has 0 aliphatic heterocycles. The van der Waals surface area contributed by atoms with Crippen molar-refractivity contribution < 1.29 is 12.8 Å². The lowest BCUT2D eigenvalue weighted by molar-refractivity contribution is 0.591. The minimum absolute atomic E-state index is 0.428. The molecule has 0 amide bonds. The van der Waals surface area contributed by atoms with Gasteiger partial charge in [0.1, 0.15) is 11.1 Å². The lowest BCUT2D eigenvalue weighted by Crippen LogP contribution is -2.16. The Morgan fingerprint density at radius 2 is 1.55 bits per heavy atom. The summed E-state index contributed by atoms with van der Waals surface area (Å²) in [6, 6.07) is 14.0. The summed E-state index contributed by atoms with van der Waals surface area (Å²) in [5.41, 5.74) is 1.03. The molecule has 0 radical (unpaired) electrons. The van der Waals surface area contributed by atoms with Gasteiger partial charge in [0, 0.05) is 0 Å². The van der Waals surface area contributed by atoms with Crippen LogP contribution in [0.4, 0.5) is 4.39 Å². The van der Waals surface area contributed by atoms with Gasteiger partial charge in [0.15, 0.2) is 0 Å². The first-order valence-corrected chi connectivity index (χ1v) is 7.61. The van der Waals surface area contributed by atoms with Crippen molar-refractivity contribution in [1.29, 1.82) is 0 Å². The van der Waals surface area contributed by atoms with E-state index in [4.69, 9.17) is 6.57 Å². The molecule has 2 rings (SSSR count). The van der Waals surface area contributed by atoms with Crippen LogP contribution in [0, 0.1) is 12.4 Å². The Bertz CT molecular complexity index is 719. The predicted octanol–water partition coefficient (Wildman–Crippen LogP) is 3.21. The van der Waals surface area contributed by atoms with Gasteiger partial charge in [0.25, 0.3) is 0 Å². The molecule has 0 saturated carbocycles. The SMILES string of the molecule is [C-]#[N+]CS(=O)(=O)C(c1ccccc1)c1ccc(F)cc1. The van der Waals surface area contributed by atoms with Crippen LogP contribution in [0.2, 0.25) is 0 Å². The second-order valence-electron chi connectivity index (χ2n) is 4.29. The Kier molecular flexibility index (Phi) is 4.16. The highest BCUT2D eigenvalue weighted by Gasteiger charge is 2.31. The summed E-state index contributed by atoms with van der Waals surface area (Å²) < 4.78 is 37.6. The molecule has 0 spiro atoms. The molecule has 20 heavy (non-hydrogen) atoms. The highest BCUT2D eigenvalue weighted by molar-refractivity contribution is 7.91. The Hall–Kier alpha value is -2.19. The molecule has 0 aliphatic carbocycles. The fourth-order valence-electron chi connectivity index (χ4n) is 2.04. The molecule has 0 bridgehead atoms. The molecule has 2 aromatic rings. The van der Waals surface area contributed by atoms with Crippen LogP contribution >= 0.6 is 0 Å². The van der Waals surface area contributed by atoms with Crippen molar-refractivity contribution in [3.8, 4) is 0 Å². The van der Waals surface area contributed by atoms with Gasteiger partial charge in [-0.15, -0.1) is 0 Å². The molecule has 5 heteroatoms. The summed E-state index contributed by atoms with van der Waals surface area (Å²) in [7, 11) is -3.67. The van der Waals surface area contributed by atoms with Gasteiger partial charge in [-0.25, -0.2) is 19.4 Å². The lowest BCUT2D eigenvalue weighted by atomic mass is 10.0. The zero-order valence-corrected chi connectivity index (χ0v) is 11.3. The third-order valence-corrected chi connectivity index (χ3v) is 4.63. The van der Waals surface area contributed by atoms with Crippen LogP contribution < -0.4 is 0 Å². The van der Waals surface area contributed by atoms with Gasteiger partial charge in [0.2, 0.25) is 9.84 Å². The van der Waals surface area contributed by atoms with Crippen molar-refractivity contribution in [3.63, 3.8) is 0 Å². The predicted molar refractivity (Wildman–Crippen MR) is 75.1 cm³/mol. The first-order valence-electron chi connectivity index (χ1n) is 5.90. The first-order chi connectivity index (χ1) is 9.54. The van der Waals surface area contributed by atoms with Crippen molar-refractivity contribution in [3.05, 3.63) is 83.0 Å². The molecule has 3 nitrogen and oxygen atoms in total. The van der Waals surface area contributed by atoms with E-state index in [0.717, 1.165) is 0 Å². The van der Waals surface area contributed by atoms with Crippen LogP contribution in [-0.4, -0.2) is 14.3 Å². The maximum absolute atomic E-state index is 13.0. The highest BCUT2D eigenvalue weighted by atomic mass is 32.2. The van der Waals surface area contributed by atoms with Crippen LogP contribution in [0.3, 0.4) is 0 Å². The summed E-state index contributed by atoms with van der Waals surface area (Å²) in [6.45, 7) is 6.80. The van der Waals surface area contributed by atoms with E-state index in [1.54, 1.807) is 30.3 Å². The second kappa shape index (κ2) is 5.85. The maximum Gasteiger partial charge on any atom is 0.313 e. The summed E-state index contributed by atoms with van der Waals surface area (Å²) in [4.78, 5) is 2.98. The zero-order chi connectivity index (χ0) is 14.6. The molecule has 0 aliphatic rings. The average Bonchev–Trinajstić information content (AvgIpc) is 2.42. The van der Waals surface area contributed by atoms with E-state index in [9.17, 15) is 12.8 Å². The zero-order valence-electron chi connectivity index (χ0n) is 10.5. The molecule has 102 valence electrons. The molecular formula is C15H12FNO2S. The minimum Gasteiger partial charge on any atom is -0.300 e. The van der Waals surface area contributed by atoms with Crippen molar-refractivity contribution >= 4 is 9.84 Å². The van der Waals surface area contributed by atoms with E-state index in [1.165, 1.54) is 24.3 Å². The van der Waals surface area contributed by atoms with Crippen LogP contribution in [0.15, 0.2) is 54.6 Å². The van der Waals surface area contributed by atoms with Gasteiger partial charge in [-0.3, -0.25) is 4.85 Å². The summed E-state index contributed by atoms with van der Waals surface area (Å²) >= 11 is 0. The molecule has 0 fully saturated rings. The molecule has 2 aromatic carbocycles.